The average Bonchev–Trinajstić information content (AvgIpc) is 3.12. The fourth-order valence-corrected chi connectivity index (χ4v) is 5.75. The molecule has 0 aromatic heterocycles. The molecule has 1 unspecified atom stereocenters. The first kappa shape index (κ1) is 19.0. The second-order valence-electron chi connectivity index (χ2n) is 10.4. The molecule has 3 heterocycles. The lowest BCUT2D eigenvalue weighted by molar-refractivity contribution is 0.0644. The fraction of sp³-hybridized carbons (Fsp3) is 0.538. The molecule has 0 saturated carbocycles. The third-order valence-electron chi connectivity index (χ3n) is 7.25. The van der Waals surface area contributed by atoms with E-state index in [-0.39, 0.29) is 11.1 Å². The maximum atomic E-state index is 6.75. The van der Waals surface area contributed by atoms with Crippen molar-refractivity contribution in [3.63, 3.8) is 0 Å². The van der Waals surface area contributed by atoms with Gasteiger partial charge in [0, 0.05) is 42.8 Å². The van der Waals surface area contributed by atoms with E-state index in [2.05, 4.69) is 69.1 Å². The molecule has 0 amide bonds. The molecular formula is C26H34N2O. The zero-order valence-corrected chi connectivity index (χ0v) is 18.6. The van der Waals surface area contributed by atoms with Gasteiger partial charge in [0.25, 0.3) is 0 Å². The minimum absolute atomic E-state index is 0.136. The number of ether oxygens (including phenoxy) is 1. The molecule has 1 N–H and O–H groups in total. The zero-order chi connectivity index (χ0) is 20.4. The van der Waals surface area contributed by atoms with Crippen molar-refractivity contribution in [3.8, 4) is 5.75 Å². The molecule has 3 nitrogen and oxygen atoms in total. The van der Waals surface area contributed by atoms with Crippen molar-refractivity contribution in [2.45, 2.75) is 71.4 Å². The van der Waals surface area contributed by atoms with Gasteiger partial charge >= 0.3 is 0 Å². The summed E-state index contributed by atoms with van der Waals surface area (Å²) in [5, 5.41) is 3.77. The molecular weight excluding hydrogens is 356 g/mol. The van der Waals surface area contributed by atoms with Gasteiger partial charge in [-0.15, -0.1) is 0 Å². The molecule has 0 aliphatic carbocycles. The van der Waals surface area contributed by atoms with E-state index >= 15 is 0 Å². The Morgan fingerprint density at radius 3 is 2.24 bits per heavy atom. The molecule has 29 heavy (non-hydrogen) atoms. The Hall–Kier alpha value is -2.00. The van der Waals surface area contributed by atoms with E-state index in [1.54, 1.807) is 0 Å². The van der Waals surface area contributed by atoms with E-state index in [9.17, 15) is 0 Å². The topological polar surface area (TPSA) is 24.5 Å². The lowest BCUT2D eigenvalue weighted by Crippen LogP contribution is -2.45. The molecule has 2 aromatic rings. The molecule has 1 atom stereocenters. The highest BCUT2D eigenvalue weighted by molar-refractivity contribution is 5.73. The van der Waals surface area contributed by atoms with Crippen molar-refractivity contribution in [3.05, 3.63) is 57.6 Å². The van der Waals surface area contributed by atoms with E-state index in [0.29, 0.717) is 0 Å². The second kappa shape index (κ2) is 6.50. The molecule has 0 fully saturated rings. The SMILES string of the molecule is Cc1c2c(c(C)c3c1NC(C)(C)C3)OC(C)(CN1CCc3ccccc3CC1)C2. The van der Waals surface area contributed by atoms with Crippen LogP contribution in [0.15, 0.2) is 24.3 Å². The Balaban J connectivity index is 1.37. The van der Waals surface area contributed by atoms with E-state index in [1.165, 1.54) is 44.8 Å². The van der Waals surface area contributed by atoms with Crippen LogP contribution in [0.3, 0.4) is 0 Å². The Kier molecular flexibility index (Phi) is 4.26. The number of fused-ring (bicyclic) bond motifs is 3. The van der Waals surface area contributed by atoms with Crippen LogP contribution < -0.4 is 10.1 Å². The lowest BCUT2D eigenvalue weighted by atomic mass is 9.90. The Labute approximate surface area is 175 Å². The van der Waals surface area contributed by atoms with Gasteiger partial charge in [0.1, 0.15) is 11.4 Å². The van der Waals surface area contributed by atoms with Crippen LogP contribution in [-0.4, -0.2) is 35.7 Å². The van der Waals surface area contributed by atoms with Crippen molar-refractivity contribution >= 4 is 5.69 Å². The van der Waals surface area contributed by atoms with E-state index in [4.69, 9.17) is 4.74 Å². The molecule has 2 aromatic carbocycles. The average molecular weight is 391 g/mol. The van der Waals surface area contributed by atoms with Crippen molar-refractivity contribution in [2.75, 3.05) is 25.0 Å². The summed E-state index contributed by atoms with van der Waals surface area (Å²) < 4.78 is 6.75. The van der Waals surface area contributed by atoms with Gasteiger partial charge in [-0.1, -0.05) is 24.3 Å². The highest BCUT2D eigenvalue weighted by atomic mass is 16.5. The summed E-state index contributed by atoms with van der Waals surface area (Å²) in [4.78, 5) is 2.62. The predicted octanol–water partition coefficient (Wildman–Crippen LogP) is 4.84. The molecule has 3 aliphatic heterocycles. The minimum Gasteiger partial charge on any atom is -0.485 e. The Bertz CT molecular complexity index is 905. The first-order valence-electron chi connectivity index (χ1n) is 11.2. The normalized spacial score (nSPS) is 24.9. The number of anilines is 1. The fourth-order valence-electron chi connectivity index (χ4n) is 5.75. The molecule has 3 aliphatic rings. The third-order valence-corrected chi connectivity index (χ3v) is 7.25. The van der Waals surface area contributed by atoms with Gasteiger partial charge in [-0.05, 0) is 81.7 Å². The van der Waals surface area contributed by atoms with Gasteiger partial charge in [0.2, 0.25) is 0 Å². The minimum atomic E-state index is -0.140. The van der Waals surface area contributed by atoms with E-state index in [1.807, 2.05) is 0 Å². The standard InChI is InChI=1S/C26H34N2O/c1-17-22-15-26(5,16-28-12-10-19-8-6-7-9-20(19)11-13-28)29-24(22)18(2)21-14-25(3,4)27-23(17)21/h6-9,27H,10-16H2,1-5H3. The van der Waals surface area contributed by atoms with E-state index in [0.717, 1.165) is 45.3 Å². The number of rotatable bonds is 2. The largest absolute Gasteiger partial charge is 0.485 e. The van der Waals surface area contributed by atoms with Gasteiger partial charge in [0.15, 0.2) is 0 Å². The van der Waals surface area contributed by atoms with Crippen LogP contribution in [0.4, 0.5) is 5.69 Å². The van der Waals surface area contributed by atoms with Crippen LogP contribution in [0, 0.1) is 13.8 Å². The zero-order valence-electron chi connectivity index (χ0n) is 18.6. The molecule has 3 heteroatoms. The second-order valence-corrected chi connectivity index (χ2v) is 10.4. The molecule has 0 spiro atoms. The smallest absolute Gasteiger partial charge is 0.127 e. The summed E-state index contributed by atoms with van der Waals surface area (Å²) in [7, 11) is 0. The molecule has 0 bridgehead atoms. The van der Waals surface area contributed by atoms with Gasteiger partial charge in [0.05, 0.1) is 0 Å². The third kappa shape index (κ3) is 3.24. The van der Waals surface area contributed by atoms with Crippen LogP contribution in [0.2, 0.25) is 0 Å². The first-order valence-corrected chi connectivity index (χ1v) is 11.2. The summed E-state index contributed by atoms with van der Waals surface area (Å²) >= 11 is 0. The monoisotopic (exact) mass is 390 g/mol. The van der Waals surface area contributed by atoms with Crippen molar-refractivity contribution < 1.29 is 4.74 Å². The number of hydrogen-bond acceptors (Lipinski definition) is 3. The maximum absolute atomic E-state index is 6.75. The number of benzene rings is 2. The van der Waals surface area contributed by atoms with Gasteiger partial charge < -0.3 is 10.1 Å². The van der Waals surface area contributed by atoms with Crippen molar-refractivity contribution in [1.82, 2.24) is 4.90 Å². The van der Waals surface area contributed by atoms with Crippen LogP contribution in [0.25, 0.3) is 0 Å². The maximum Gasteiger partial charge on any atom is 0.127 e. The number of nitrogens with zero attached hydrogens (tertiary/aromatic N) is 1. The molecule has 5 rings (SSSR count). The Morgan fingerprint density at radius 1 is 0.931 bits per heavy atom. The van der Waals surface area contributed by atoms with Crippen LogP contribution in [0.5, 0.6) is 5.75 Å². The van der Waals surface area contributed by atoms with Crippen molar-refractivity contribution in [2.24, 2.45) is 0 Å². The van der Waals surface area contributed by atoms with Gasteiger partial charge in [-0.2, -0.15) is 0 Å². The molecule has 154 valence electrons. The summed E-state index contributed by atoms with van der Waals surface area (Å²) in [5.41, 5.74) is 10.0. The first-order chi connectivity index (χ1) is 13.7. The summed E-state index contributed by atoms with van der Waals surface area (Å²) in [6.45, 7) is 14.7. The predicted molar refractivity (Wildman–Crippen MR) is 120 cm³/mol. The number of hydrogen-bond donors (Lipinski definition) is 1. The Morgan fingerprint density at radius 2 is 1.59 bits per heavy atom. The van der Waals surface area contributed by atoms with Crippen LogP contribution in [-0.2, 0) is 25.7 Å². The van der Waals surface area contributed by atoms with Crippen LogP contribution >= 0.6 is 0 Å². The van der Waals surface area contributed by atoms with E-state index < -0.39 is 0 Å². The summed E-state index contributed by atoms with van der Waals surface area (Å²) in [5.74, 6) is 1.17. The van der Waals surface area contributed by atoms with Gasteiger partial charge in [-0.3, -0.25) is 4.90 Å². The van der Waals surface area contributed by atoms with Gasteiger partial charge in [-0.25, -0.2) is 0 Å². The highest BCUT2D eigenvalue weighted by Crippen LogP contribution is 2.48. The number of nitrogens with one attached hydrogen (secondary N) is 1. The summed E-state index contributed by atoms with van der Waals surface area (Å²) in [6, 6.07) is 8.94. The molecule has 0 radical (unpaired) electrons. The van der Waals surface area contributed by atoms with Crippen molar-refractivity contribution in [1.29, 1.82) is 0 Å². The highest BCUT2D eigenvalue weighted by Gasteiger charge is 2.42. The molecule has 0 saturated heterocycles. The van der Waals surface area contributed by atoms with Crippen LogP contribution in [0.1, 0.15) is 54.2 Å². The summed E-state index contributed by atoms with van der Waals surface area (Å²) in [6.07, 6.45) is 4.37. The lowest BCUT2D eigenvalue weighted by Gasteiger charge is -2.31. The quantitative estimate of drug-likeness (QED) is 0.794.